The van der Waals surface area contributed by atoms with Gasteiger partial charge in [0.1, 0.15) is 0 Å². The van der Waals surface area contributed by atoms with Gasteiger partial charge in [-0.1, -0.05) is 12.1 Å². The molecule has 2 heteroatoms. The quantitative estimate of drug-likeness (QED) is 0.864. The highest BCUT2D eigenvalue weighted by Crippen LogP contribution is 2.34. The van der Waals surface area contributed by atoms with Crippen molar-refractivity contribution >= 4 is 5.97 Å². The van der Waals surface area contributed by atoms with Crippen LogP contribution in [0.2, 0.25) is 0 Å². The largest absolute Gasteiger partial charge is 0.478 e. The SMILES string of the molecule is Cc1c(C)c(C)c(-c2ccc(C(=O)O)cc2)c(C)c1C. The lowest BCUT2D eigenvalue weighted by molar-refractivity contribution is 0.0697. The highest BCUT2D eigenvalue weighted by molar-refractivity contribution is 5.88. The first-order valence-electron chi connectivity index (χ1n) is 6.75. The highest BCUT2D eigenvalue weighted by atomic mass is 16.4. The number of aromatic carboxylic acids is 1. The van der Waals surface area contributed by atoms with Crippen molar-refractivity contribution in [3.63, 3.8) is 0 Å². The molecule has 2 rings (SSSR count). The molecule has 0 aromatic heterocycles. The molecule has 0 unspecified atom stereocenters. The summed E-state index contributed by atoms with van der Waals surface area (Å²) in [7, 11) is 0. The molecule has 20 heavy (non-hydrogen) atoms. The molecule has 0 bridgehead atoms. The van der Waals surface area contributed by atoms with E-state index in [1.807, 2.05) is 12.1 Å². The van der Waals surface area contributed by atoms with Crippen LogP contribution in [0.3, 0.4) is 0 Å². The van der Waals surface area contributed by atoms with Crippen molar-refractivity contribution in [2.24, 2.45) is 0 Å². The van der Waals surface area contributed by atoms with Crippen LogP contribution in [0.25, 0.3) is 11.1 Å². The molecule has 0 saturated carbocycles. The molecule has 2 aromatic carbocycles. The molecule has 1 N–H and O–H groups in total. The van der Waals surface area contributed by atoms with Crippen LogP contribution in [0, 0.1) is 34.6 Å². The van der Waals surface area contributed by atoms with Crippen LogP contribution in [0.4, 0.5) is 0 Å². The molecule has 104 valence electrons. The fourth-order valence-corrected chi connectivity index (χ4v) is 2.71. The van der Waals surface area contributed by atoms with E-state index in [9.17, 15) is 4.79 Å². The molecular weight excluding hydrogens is 248 g/mol. The van der Waals surface area contributed by atoms with E-state index in [0.29, 0.717) is 5.56 Å². The Balaban J connectivity index is 2.67. The Kier molecular flexibility index (Phi) is 3.67. The van der Waals surface area contributed by atoms with Crippen LogP contribution in [0.15, 0.2) is 24.3 Å². The third-order valence-corrected chi connectivity index (χ3v) is 4.42. The van der Waals surface area contributed by atoms with Gasteiger partial charge in [-0.05, 0) is 85.7 Å². The second-order valence-electron chi connectivity index (χ2n) is 5.38. The van der Waals surface area contributed by atoms with Gasteiger partial charge in [-0.3, -0.25) is 0 Å². The minimum Gasteiger partial charge on any atom is -0.478 e. The van der Waals surface area contributed by atoms with Crippen molar-refractivity contribution in [1.82, 2.24) is 0 Å². The number of hydrogen-bond donors (Lipinski definition) is 1. The molecule has 0 amide bonds. The van der Waals surface area contributed by atoms with Gasteiger partial charge in [0.2, 0.25) is 0 Å². The van der Waals surface area contributed by atoms with Gasteiger partial charge in [0, 0.05) is 0 Å². The number of hydrogen-bond acceptors (Lipinski definition) is 1. The maximum Gasteiger partial charge on any atom is 0.335 e. The van der Waals surface area contributed by atoms with Gasteiger partial charge in [-0.2, -0.15) is 0 Å². The van der Waals surface area contributed by atoms with Gasteiger partial charge in [-0.25, -0.2) is 4.79 Å². The van der Waals surface area contributed by atoms with Crippen molar-refractivity contribution in [3.8, 4) is 11.1 Å². The predicted octanol–water partition coefficient (Wildman–Crippen LogP) is 4.59. The Hall–Kier alpha value is -2.09. The Labute approximate surface area is 120 Å². The molecule has 0 fully saturated rings. The third kappa shape index (κ3) is 2.22. The smallest absolute Gasteiger partial charge is 0.335 e. The first-order valence-corrected chi connectivity index (χ1v) is 6.75. The molecule has 0 atom stereocenters. The van der Waals surface area contributed by atoms with Crippen LogP contribution in [0.1, 0.15) is 38.2 Å². The minimum atomic E-state index is -0.888. The van der Waals surface area contributed by atoms with Gasteiger partial charge in [0.15, 0.2) is 0 Å². The number of carboxylic acid groups (broad SMARTS) is 1. The average molecular weight is 268 g/mol. The molecule has 2 nitrogen and oxygen atoms in total. The topological polar surface area (TPSA) is 37.3 Å². The van der Waals surface area contributed by atoms with Crippen LogP contribution in [0.5, 0.6) is 0 Å². The maximum atomic E-state index is 10.9. The van der Waals surface area contributed by atoms with E-state index in [1.165, 1.54) is 33.4 Å². The maximum absolute atomic E-state index is 10.9. The summed E-state index contributed by atoms with van der Waals surface area (Å²) in [5.41, 5.74) is 9.13. The monoisotopic (exact) mass is 268 g/mol. The van der Waals surface area contributed by atoms with Gasteiger partial charge in [-0.15, -0.1) is 0 Å². The zero-order valence-corrected chi connectivity index (χ0v) is 12.7. The first-order chi connectivity index (χ1) is 9.34. The lowest BCUT2D eigenvalue weighted by Crippen LogP contribution is -2.00. The number of rotatable bonds is 2. The molecule has 0 aliphatic rings. The average Bonchev–Trinajstić information content (AvgIpc) is 2.44. The summed E-state index contributed by atoms with van der Waals surface area (Å²) in [6.07, 6.45) is 0. The summed E-state index contributed by atoms with van der Waals surface area (Å²) in [5, 5.41) is 8.98. The summed E-state index contributed by atoms with van der Waals surface area (Å²) in [5.74, 6) is -0.888. The molecule has 0 aliphatic carbocycles. The van der Waals surface area contributed by atoms with Crippen LogP contribution < -0.4 is 0 Å². The number of benzene rings is 2. The first kappa shape index (κ1) is 14.3. The van der Waals surface area contributed by atoms with Crippen LogP contribution >= 0.6 is 0 Å². The van der Waals surface area contributed by atoms with Gasteiger partial charge in [0.05, 0.1) is 5.56 Å². The molecule has 0 aliphatic heterocycles. The normalized spacial score (nSPS) is 10.7. The fourth-order valence-electron chi connectivity index (χ4n) is 2.71. The zero-order valence-electron chi connectivity index (χ0n) is 12.7. The number of carboxylic acids is 1. The molecule has 0 radical (unpaired) electrons. The summed E-state index contributed by atoms with van der Waals surface area (Å²) >= 11 is 0. The number of carbonyl (C=O) groups is 1. The summed E-state index contributed by atoms with van der Waals surface area (Å²) in [4.78, 5) is 10.9. The van der Waals surface area contributed by atoms with Gasteiger partial charge in [0.25, 0.3) is 0 Å². The highest BCUT2D eigenvalue weighted by Gasteiger charge is 2.14. The second-order valence-corrected chi connectivity index (χ2v) is 5.38. The Bertz CT molecular complexity index is 651. The van der Waals surface area contributed by atoms with E-state index >= 15 is 0 Å². The summed E-state index contributed by atoms with van der Waals surface area (Å²) < 4.78 is 0. The Morgan fingerprint density at radius 2 is 1.15 bits per heavy atom. The molecule has 0 saturated heterocycles. The van der Waals surface area contributed by atoms with E-state index in [-0.39, 0.29) is 0 Å². The standard InChI is InChI=1S/C18H20O2/c1-10-11(2)13(4)17(14(5)12(10)3)15-6-8-16(9-7-15)18(19)20/h6-9H,1-5H3,(H,19,20). The van der Waals surface area contributed by atoms with Crippen molar-refractivity contribution in [1.29, 1.82) is 0 Å². The summed E-state index contributed by atoms with van der Waals surface area (Å²) in [6.45, 7) is 10.7. The molecule has 2 aromatic rings. The van der Waals surface area contributed by atoms with Crippen LogP contribution in [-0.2, 0) is 0 Å². The van der Waals surface area contributed by atoms with E-state index in [0.717, 1.165) is 5.56 Å². The van der Waals surface area contributed by atoms with Crippen molar-refractivity contribution in [2.75, 3.05) is 0 Å². The predicted molar refractivity (Wildman–Crippen MR) is 82.5 cm³/mol. The molecule has 0 heterocycles. The Morgan fingerprint density at radius 3 is 1.55 bits per heavy atom. The summed E-state index contributed by atoms with van der Waals surface area (Å²) in [6, 6.07) is 7.13. The van der Waals surface area contributed by atoms with E-state index in [2.05, 4.69) is 34.6 Å². The van der Waals surface area contributed by atoms with Crippen LogP contribution in [-0.4, -0.2) is 11.1 Å². The second kappa shape index (κ2) is 5.12. The minimum absolute atomic E-state index is 0.324. The van der Waals surface area contributed by atoms with Crippen molar-refractivity contribution in [3.05, 3.63) is 57.6 Å². The van der Waals surface area contributed by atoms with Crippen molar-refractivity contribution in [2.45, 2.75) is 34.6 Å². The lowest BCUT2D eigenvalue weighted by atomic mass is 9.86. The molecule has 0 spiro atoms. The third-order valence-electron chi connectivity index (χ3n) is 4.42. The van der Waals surface area contributed by atoms with Gasteiger partial charge >= 0.3 is 5.97 Å². The van der Waals surface area contributed by atoms with Crippen molar-refractivity contribution < 1.29 is 9.90 Å². The van der Waals surface area contributed by atoms with E-state index in [4.69, 9.17) is 5.11 Å². The Morgan fingerprint density at radius 1 is 0.750 bits per heavy atom. The lowest BCUT2D eigenvalue weighted by Gasteiger charge is -2.19. The van der Waals surface area contributed by atoms with Gasteiger partial charge < -0.3 is 5.11 Å². The zero-order chi connectivity index (χ0) is 15.0. The van der Waals surface area contributed by atoms with E-state index < -0.39 is 5.97 Å². The van der Waals surface area contributed by atoms with E-state index in [1.54, 1.807) is 12.1 Å². The molecular formula is C18H20O2. The fraction of sp³-hybridized carbons (Fsp3) is 0.278.